The summed E-state index contributed by atoms with van der Waals surface area (Å²) in [7, 11) is -1.89. The minimum Gasteiger partial charge on any atom is -0.465 e. The van der Waals surface area contributed by atoms with Gasteiger partial charge in [0, 0.05) is 8.22 Å². The van der Waals surface area contributed by atoms with Gasteiger partial charge in [-0.3, -0.25) is 0 Å². The van der Waals surface area contributed by atoms with Gasteiger partial charge >= 0.3 is 5.97 Å². The molecule has 0 aliphatic rings. The Morgan fingerprint density at radius 3 is 2.71 bits per heavy atom. The third-order valence-corrected chi connectivity index (χ3v) is 1.35. The fourth-order valence-electron chi connectivity index (χ4n) is 0.786. The van der Waals surface area contributed by atoms with E-state index in [1.807, 2.05) is 0 Å². The summed E-state index contributed by atoms with van der Waals surface area (Å²) in [5.41, 5.74) is -1.06. The molecule has 0 unspecified atom stereocenters. The maximum Gasteiger partial charge on any atom is 0.338 e. The summed E-state index contributed by atoms with van der Waals surface area (Å²) in [5.74, 6) is -1.15. The van der Waals surface area contributed by atoms with Gasteiger partial charge in [0.1, 0.15) is 0 Å². The van der Waals surface area contributed by atoms with Crippen LogP contribution in [-0.4, -0.2) is 13.0 Å². The molecule has 0 radical (unpaired) electrons. The largest absolute Gasteiger partial charge is 0.465 e. The number of rotatable bonds is 1. The van der Waals surface area contributed by atoms with Crippen molar-refractivity contribution in [3.05, 3.63) is 34.9 Å². The topological polar surface area (TPSA) is 26.3 Å². The van der Waals surface area contributed by atoms with Crippen LogP contribution in [0.2, 0.25) is 0 Å². The standard InChI is InChI=1S/C10H12O2.2ClH/c1-7-4-5-9(8(2)6-7)10(11)12-3;;/h4-6H,1-3H3;2*1H/i1D3,2D3,3D2;;. The van der Waals surface area contributed by atoms with Crippen molar-refractivity contribution in [1.82, 2.24) is 0 Å². The normalized spacial score (nSPS) is 18.6. The van der Waals surface area contributed by atoms with Crippen LogP contribution in [0, 0.1) is 13.7 Å². The second kappa shape index (κ2) is 6.68. The van der Waals surface area contributed by atoms with Crippen molar-refractivity contribution < 1.29 is 20.5 Å². The molecule has 14 heavy (non-hydrogen) atoms. The van der Waals surface area contributed by atoms with Crippen LogP contribution in [0.3, 0.4) is 0 Å². The average Bonchev–Trinajstić information content (AvgIpc) is 2.24. The molecule has 0 fully saturated rings. The quantitative estimate of drug-likeness (QED) is 0.711. The first-order valence-electron chi connectivity index (χ1n) is 7.29. The molecule has 0 bridgehead atoms. The van der Waals surface area contributed by atoms with Gasteiger partial charge in [-0.15, -0.1) is 24.8 Å². The van der Waals surface area contributed by atoms with Crippen LogP contribution in [-0.2, 0) is 4.74 Å². The summed E-state index contributed by atoms with van der Waals surface area (Å²) in [4.78, 5) is 11.6. The maximum atomic E-state index is 11.6. The number of hydrogen-bond acceptors (Lipinski definition) is 2. The summed E-state index contributed by atoms with van der Waals surface area (Å²) in [6.07, 6.45) is 0. The van der Waals surface area contributed by atoms with E-state index in [0.29, 0.717) is 0 Å². The van der Waals surface area contributed by atoms with Crippen LogP contribution in [0.5, 0.6) is 0 Å². The summed E-state index contributed by atoms with van der Waals surface area (Å²) >= 11 is 0. The summed E-state index contributed by atoms with van der Waals surface area (Å²) in [6, 6.07) is 3.02. The highest BCUT2D eigenvalue weighted by Crippen LogP contribution is 2.10. The Labute approximate surface area is 108 Å². The zero-order valence-corrected chi connectivity index (χ0v) is 8.58. The molecule has 0 amide bonds. The Morgan fingerprint density at radius 1 is 1.36 bits per heavy atom. The number of benzene rings is 1. The number of methoxy groups -OCH3 is 1. The highest BCUT2D eigenvalue weighted by Gasteiger charge is 2.07. The highest BCUT2D eigenvalue weighted by molar-refractivity contribution is 5.90. The SMILES string of the molecule is Cl.Cl.[2H]C([2H])OC(=O)c1ccc(C([2H])([2H])[2H])cc1C([2H])([2H])[2H]. The summed E-state index contributed by atoms with van der Waals surface area (Å²) < 4.78 is 61.7. The molecule has 4 heteroatoms. The van der Waals surface area contributed by atoms with Gasteiger partial charge in [-0.25, -0.2) is 4.79 Å². The first-order chi connectivity index (χ1) is 8.93. The molecule has 0 saturated heterocycles. The first-order valence-corrected chi connectivity index (χ1v) is 3.13. The highest BCUT2D eigenvalue weighted by atomic mass is 35.5. The van der Waals surface area contributed by atoms with E-state index < -0.39 is 32.3 Å². The number of carbonyl (C=O) groups excluding carboxylic acids is 1. The van der Waals surface area contributed by atoms with Crippen molar-refractivity contribution in [3.8, 4) is 0 Å². The number of esters is 1. The maximum absolute atomic E-state index is 11.6. The molecule has 80 valence electrons. The van der Waals surface area contributed by atoms with Crippen molar-refractivity contribution in [2.75, 3.05) is 7.06 Å². The second-order valence-corrected chi connectivity index (χ2v) is 2.17. The fourth-order valence-corrected chi connectivity index (χ4v) is 0.786. The van der Waals surface area contributed by atoms with Gasteiger partial charge in [-0.2, -0.15) is 0 Å². The summed E-state index contributed by atoms with van der Waals surface area (Å²) in [6.45, 7) is -5.22. The number of aryl methyl sites for hydroxylation is 2. The predicted octanol–water partition coefficient (Wildman–Crippen LogP) is 2.93. The molecule has 0 spiro atoms. The van der Waals surface area contributed by atoms with Gasteiger partial charge in [0.15, 0.2) is 0 Å². The smallest absolute Gasteiger partial charge is 0.338 e. The number of ether oxygens (including phenoxy) is 1. The molecule has 0 atom stereocenters. The van der Waals surface area contributed by atoms with Crippen LogP contribution >= 0.6 is 24.8 Å². The lowest BCUT2D eigenvalue weighted by atomic mass is 10.1. The van der Waals surface area contributed by atoms with Crippen LogP contribution in [0.4, 0.5) is 0 Å². The van der Waals surface area contributed by atoms with Gasteiger partial charge in [-0.1, -0.05) is 17.7 Å². The Bertz CT molecular complexity index is 513. The Morgan fingerprint density at radius 2 is 2.14 bits per heavy atom. The zero-order valence-electron chi connectivity index (χ0n) is 14.9. The van der Waals surface area contributed by atoms with Crippen molar-refractivity contribution in [2.45, 2.75) is 13.7 Å². The Hall–Kier alpha value is -0.730. The third-order valence-electron chi connectivity index (χ3n) is 1.35. The molecule has 0 saturated carbocycles. The molecular formula is C10H14Cl2O2. The number of halogens is 2. The molecule has 0 aliphatic carbocycles. The Balaban J connectivity index is 0. The lowest BCUT2D eigenvalue weighted by Crippen LogP contribution is -2.03. The van der Waals surface area contributed by atoms with E-state index in [9.17, 15) is 4.79 Å². The molecule has 1 aromatic carbocycles. The van der Waals surface area contributed by atoms with E-state index in [1.165, 1.54) is 0 Å². The van der Waals surface area contributed by atoms with Crippen molar-refractivity contribution in [3.63, 3.8) is 0 Å². The van der Waals surface area contributed by atoms with Crippen LogP contribution in [0.25, 0.3) is 0 Å². The Kier molecular flexibility index (Phi) is 2.57. The average molecular weight is 245 g/mol. The predicted molar refractivity (Wildman–Crippen MR) is 61.8 cm³/mol. The number of carbonyl (C=O) groups is 1. The molecule has 1 rings (SSSR count). The third kappa shape index (κ3) is 3.56. The van der Waals surface area contributed by atoms with E-state index in [1.54, 1.807) is 0 Å². The number of hydrogen-bond donors (Lipinski definition) is 0. The van der Waals surface area contributed by atoms with Crippen LogP contribution < -0.4 is 0 Å². The van der Waals surface area contributed by atoms with Crippen molar-refractivity contribution in [1.29, 1.82) is 0 Å². The van der Waals surface area contributed by atoms with E-state index in [2.05, 4.69) is 4.74 Å². The first kappa shape index (κ1) is 5.38. The molecule has 0 aromatic heterocycles. The lowest BCUT2D eigenvalue weighted by Gasteiger charge is -2.03. The molecule has 0 heterocycles. The van der Waals surface area contributed by atoms with Gasteiger partial charge in [0.2, 0.25) is 0 Å². The molecule has 1 aromatic rings. The monoisotopic (exact) mass is 244 g/mol. The second-order valence-electron chi connectivity index (χ2n) is 2.17. The van der Waals surface area contributed by atoms with Gasteiger partial charge < -0.3 is 4.74 Å². The van der Waals surface area contributed by atoms with Crippen molar-refractivity contribution >= 4 is 30.8 Å². The van der Waals surface area contributed by atoms with Crippen LogP contribution in [0.15, 0.2) is 18.2 Å². The van der Waals surface area contributed by atoms with Gasteiger partial charge in [0.05, 0.1) is 15.4 Å². The zero-order chi connectivity index (χ0) is 15.7. The minimum absolute atomic E-state index is 0. The minimum atomic E-state index is -2.71. The van der Waals surface area contributed by atoms with Crippen LogP contribution in [0.1, 0.15) is 32.5 Å². The fraction of sp³-hybridized carbons (Fsp3) is 0.300. The molecule has 2 nitrogen and oxygen atoms in total. The molecular weight excluding hydrogens is 223 g/mol. The van der Waals surface area contributed by atoms with Gasteiger partial charge in [0.25, 0.3) is 0 Å². The van der Waals surface area contributed by atoms with E-state index in [0.717, 1.165) is 18.2 Å². The van der Waals surface area contributed by atoms with Gasteiger partial charge in [-0.05, 0) is 25.3 Å². The molecule has 0 N–H and O–H groups in total. The lowest BCUT2D eigenvalue weighted by molar-refractivity contribution is 0.0600. The van der Waals surface area contributed by atoms with E-state index in [-0.39, 0.29) is 35.9 Å². The summed E-state index contributed by atoms with van der Waals surface area (Å²) in [5, 5.41) is 0. The van der Waals surface area contributed by atoms with E-state index in [4.69, 9.17) is 11.0 Å². The molecule has 0 aliphatic heterocycles. The van der Waals surface area contributed by atoms with Crippen molar-refractivity contribution in [2.24, 2.45) is 0 Å². The van der Waals surface area contributed by atoms with E-state index >= 15 is 0 Å².